The molecule has 1 atom stereocenters. The fourth-order valence-corrected chi connectivity index (χ4v) is 3.11. The summed E-state index contributed by atoms with van der Waals surface area (Å²) >= 11 is 0. The first-order valence-electron chi connectivity index (χ1n) is 9.18. The Bertz CT molecular complexity index is 710. The number of carbonyl (C=O) groups is 1. The second-order valence-electron chi connectivity index (χ2n) is 6.55. The molecule has 1 unspecified atom stereocenters. The lowest BCUT2D eigenvalue weighted by molar-refractivity contribution is -0.122. The number of piperazine rings is 1. The van der Waals surface area contributed by atoms with Crippen LogP contribution in [-0.2, 0) is 11.3 Å². The Kier molecular flexibility index (Phi) is 12.9. The number of nitrogens with two attached hydrogens (primary N) is 1. The minimum absolute atomic E-state index is 0. The molecule has 1 fully saturated rings. The third-order valence-corrected chi connectivity index (χ3v) is 4.86. The number of aromatic nitrogens is 1. The van der Waals surface area contributed by atoms with Gasteiger partial charge in [0.05, 0.1) is 0 Å². The van der Waals surface area contributed by atoms with Gasteiger partial charge in [0.2, 0.25) is 5.91 Å². The summed E-state index contributed by atoms with van der Waals surface area (Å²) in [6.45, 7) is 7.88. The Hall–Kier alpha value is -1.57. The lowest BCUT2D eigenvalue weighted by Crippen LogP contribution is -2.46. The number of anilines is 1. The Labute approximate surface area is 191 Å². The molecule has 6 nitrogen and oxygen atoms in total. The molecule has 1 aliphatic heterocycles. The minimum Gasteiger partial charge on any atom is -0.354 e. The van der Waals surface area contributed by atoms with E-state index < -0.39 is 6.04 Å². The molecule has 9 heteroatoms. The van der Waals surface area contributed by atoms with Crippen molar-refractivity contribution in [3.8, 4) is 0 Å². The summed E-state index contributed by atoms with van der Waals surface area (Å²) in [5.74, 6) is 0.813. The number of hydrogen-bond donors (Lipinski definition) is 2. The minimum atomic E-state index is -0.654. The molecular weight excluding hydrogens is 433 g/mol. The maximum absolute atomic E-state index is 12.2. The standard InChI is InChI=1S/C20H27N5O.3ClH/c1-2-24-10-12-25(13-11-24)18-9-8-16(14-22-18)15-23-20(26)19(21)17-6-4-3-5-7-17;;;/h3-9,14,19H,2,10-13,15,21H2,1H3,(H,23,26);3*1H. The first-order valence-corrected chi connectivity index (χ1v) is 9.18. The van der Waals surface area contributed by atoms with E-state index in [1.807, 2.05) is 48.7 Å². The molecule has 1 aliphatic rings. The van der Waals surface area contributed by atoms with E-state index in [0.717, 1.165) is 49.7 Å². The smallest absolute Gasteiger partial charge is 0.241 e. The Balaban J connectivity index is 0.00000261. The number of pyridine rings is 1. The number of halogens is 3. The van der Waals surface area contributed by atoms with Gasteiger partial charge in [-0.3, -0.25) is 4.79 Å². The molecule has 0 aliphatic carbocycles. The molecule has 3 rings (SSSR count). The molecule has 0 bridgehead atoms. The average Bonchev–Trinajstić information content (AvgIpc) is 2.72. The summed E-state index contributed by atoms with van der Waals surface area (Å²) in [4.78, 5) is 21.5. The van der Waals surface area contributed by atoms with Crippen LogP contribution in [0.25, 0.3) is 0 Å². The maximum atomic E-state index is 12.2. The van der Waals surface area contributed by atoms with Gasteiger partial charge in [-0.1, -0.05) is 43.3 Å². The number of rotatable bonds is 6. The normalized spacial score (nSPS) is 14.6. The summed E-state index contributed by atoms with van der Waals surface area (Å²) in [6, 6.07) is 12.8. The summed E-state index contributed by atoms with van der Waals surface area (Å²) in [6.07, 6.45) is 1.83. The van der Waals surface area contributed by atoms with Crippen LogP contribution in [-0.4, -0.2) is 48.5 Å². The van der Waals surface area contributed by atoms with Crippen LogP contribution in [0.3, 0.4) is 0 Å². The van der Waals surface area contributed by atoms with Crippen LogP contribution in [0.4, 0.5) is 5.82 Å². The van der Waals surface area contributed by atoms with Crippen molar-refractivity contribution in [2.45, 2.75) is 19.5 Å². The molecule has 162 valence electrons. The van der Waals surface area contributed by atoms with Gasteiger partial charge in [-0.2, -0.15) is 0 Å². The highest BCUT2D eigenvalue weighted by Gasteiger charge is 2.17. The second-order valence-corrected chi connectivity index (χ2v) is 6.55. The molecule has 29 heavy (non-hydrogen) atoms. The molecule has 1 aromatic heterocycles. The largest absolute Gasteiger partial charge is 0.354 e. The second kappa shape index (κ2) is 13.6. The van der Waals surface area contributed by atoms with Gasteiger partial charge in [0.1, 0.15) is 11.9 Å². The Morgan fingerprint density at radius 1 is 1.07 bits per heavy atom. The summed E-state index contributed by atoms with van der Waals surface area (Å²) in [7, 11) is 0. The highest BCUT2D eigenvalue weighted by Crippen LogP contribution is 2.14. The van der Waals surface area contributed by atoms with E-state index in [-0.39, 0.29) is 43.1 Å². The predicted molar refractivity (Wildman–Crippen MR) is 126 cm³/mol. The van der Waals surface area contributed by atoms with Crippen LogP contribution in [0.5, 0.6) is 0 Å². The monoisotopic (exact) mass is 461 g/mol. The molecule has 1 aromatic carbocycles. The van der Waals surface area contributed by atoms with Crippen LogP contribution in [0, 0.1) is 0 Å². The third-order valence-electron chi connectivity index (χ3n) is 4.86. The van der Waals surface area contributed by atoms with E-state index in [0.29, 0.717) is 6.54 Å². The summed E-state index contributed by atoms with van der Waals surface area (Å²) < 4.78 is 0. The lowest BCUT2D eigenvalue weighted by Gasteiger charge is -2.34. The number of carbonyl (C=O) groups excluding carboxylic acids is 1. The SMILES string of the molecule is CCN1CCN(c2ccc(CNC(=O)C(N)c3ccccc3)cn2)CC1.Cl.Cl.Cl. The number of amides is 1. The molecule has 2 heterocycles. The first kappa shape index (κ1) is 27.4. The van der Waals surface area contributed by atoms with Crippen LogP contribution >= 0.6 is 37.2 Å². The molecular formula is C20H30Cl3N5O. The highest BCUT2D eigenvalue weighted by atomic mass is 35.5. The van der Waals surface area contributed by atoms with Gasteiger partial charge < -0.3 is 20.9 Å². The van der Waals surface area contributed by atoms with Crippen LogP contribution < -0.4 is 16.0 Å². The predicted octanol–water partition coefficient (Wildman–Crippen LogP) is 2.81. The van der Waals surface area contributed by atoms with Crippen molar-refractivity contribution < 1.29 is 4.79 Å². The van der Waals surface area contributed by atoms with Gasteiger partial charge in [-0.15, -0.1) is 37.2 Å². The van der Waals surface area contributed by atoms with Gasteiger partial charge in [-0.05, 0) is 23.7 Å². The zero-order chi connectivity index (χ0) is 18.4. The molecule has 3 N–H and O–H groups in total. The average molecular weight is 463 g/mol. The van der Waals surface area contributed by atoms with Crippen LogP contribution in [0.2, 0.25) is 0 Å². The van der Waals surface area contributed by atoms with E-state index in [1.165, 1.54) is 0 Å². The first-order chi connectivity index (χ1) is 12.7. The number of likely N-dealkylation sites (N-methyl/N-ethyl adjacent to an activating group) is 1. The van der Waals surface area contributed by atoms with Crippen molar-refractivity contribution >= 4 is 48.9 Å². The van der Waals surface area contributed by atoms with E-state index in [1.54, 1.807) is 0 Å². The van der Waals surface area contributed by atoms with Crippen molar-refractivity contribution in [2.75, 3.05) is 37.6 Å². The molecule has 2 aromatic rings. The fraction of sp³-hybridized carbons (Fsp3) is 0.400. The van der Waals surface area contributed by atoms with Crippen molar-refractivity contribution in [1.29, 1.82) is 0 Å². The number of hydrogen-bond acceptors (Lipinski definition) is 5. The maximum Gasteiger partial charge on any atom is 0.241 e. The Morgan fingerprint density at radius 3 is 2.28 bits per heavy atom. The molecule has 0 saturated carbocycles. The van der Waals surface area contributed by atoms with Crippen molar-refractivity contribution in [3.63, 3.8) is 0 Å². The van der Waals surface area contributed by atoms with E-state index in [9.17, 15) is 4.79 Å². The lowest BCUT2D eigenvalue weighted by atomic mass is 10.1. The van der Waals surface area contributed by atoms with Gasteiger partial charge in [0.25, 0.3) is 0 Å². The third kappa shape index (κ3) is 7.64. The zero-order valence-corrected chi connectivity index (χ0v) is 18.9. The number of nitrogens with zero attached hydrogens (tertiary/aromatic N) is 3. The van der Waals surface area contributed by atoms with E-state index >= 15 is 0 Å². The summed E-state index contributed by atoms with van der Waals surface area (Å²) in [5.41, 5.74) is 7.79. The molecule has 1 saturated heterocycles. The zero-order valence-electron chi connectivity index (χ0n) is 16.5. The number of benzene rings is 1. The quantitative estimate of drug-likeness (QED) is 0.690. The van der Waals surface area contributed by atoms with Gasteiger partial charge >= 0.3 is 0 Å². The van der Waals surface area contributed by atoms with Gasteiger partial charge in [-0.25, -0.2) is 4.98 Å². The van der Waals surface area contributed by atoms with Crippen molar-refractivity contribution in [2.24, 2.45) is 5.73 Å². The van der Waals surface area contributed by atoms with Crippen molar-refractivity contribution in [1.82, 2.24) is 15.2 Å². The fourth-order valence-electron chi connectivity index (χ4n) is 3.11. The van der Waals surface area contributed by atoms with E-state index in [4.69, 9.17) is 5.73 Å². The molecule has 1 amide bonds. The number of nitrogens with one attached hydrogen (secondary N) is 1. The Morgan fingerprint density at radius 2 is 1.72 bits per heavy atom. The van der Waals surface area contributed by atoms with Crippen molar-refractivity contribution in [3.05, 3.63) is 59.8 Å². The molecule has 0 radical (unpaired) electrons. The molecule has 0 spiro atoms. The van der Waals surface area contributed by atoms with Crippen LogP contribution in [0.15, 0.2) is 48.7 Å². The highest BCUT2D eigenvalue weighted by molar-refractivity contribution is 5.86. The summed E-state index contributed by atoms with van der Waals surface area (Å²) in [5, 5.41) is 2.89. The topological polar surface area (TPSA) is 74.5 Å². The van der Waals surface area contributed by atoms with Gasteiger partial charge in [0, 0.05) is 38.9 Å². The van der Waals surface area contributed by atoms with Gasteiger partial charge in [0.15, 0.2) is 0 Å². The van der Waals surface area contributed by atoms with Crippen LogP contribution in [0.1, 0.15) is 24.1 Å². The van der Waals surface area contributed by atoms with E-state index in [2.05, 4.69) is 27.0 Å².